The summed E-state index contributed by atoms with van der Waals surface area (Å²) in [5, 5.41) is 0.644. The number of anilines is 1. The van der Waals surface area contributed by atoms with Crippen LogP contribution in [0.3, 0.4) is 0 Å². The van der Waals surface area contributed by atoms with Crippen molar-refractivity contribution >= 4 is 48.9 Å². The van der Waals surface area contributed by atoms with Gasteiger partial charge in [0.25, 0.3) is 20.0 Å². The lowest BCUT2D eigenvalue weighted by atomic mass is 10.0. The van der Waals surface area contributed by atoms with Crippen LogP contribution in [0.4, 0.5) is 5.69 Å². The van der Waals surface area contributed by atoms with Gasteiger partial charge in [-0.3, -0.25) is 0 Å². The van der Waals surface area contributed by atoms with E-state index < -0.39 is 20.0 Å². The first-order chi connectivity index (χ1) is 19.1. The van der Waals surface area contributed by atoms with Crippen molar-refractivity contribution in [1.29, 1.82) is 0 Å². The topological polar surface area (TPSA) is 89.3 Å². The molecule has 0 aliphatic rings. The zero-order valence-corrected chi connectivity index (χ0v) is 24.1. The highest BCUT2D eigenvalue weighted by Crippen LogP contribution is 2.35. The highest BCUT2D eigenvalue weighted by molar-refractivity contribution is 8.10. The maximum atomic E-state index is 14.0. The Labute approximate surface area is 243 Å². The Kier molecular flexibility index (Phi) is 8.00. The summed E-state index contributed by atoms with van der Waals surface area (Å²) >= 11 is 12.0. The average molecular weight is 613 g/mol. The zero-order chi connectivity index (χ0) is 28.3. The van der Waals surface area contributed by atoms with Gasteiger partial charge in [-0.1, -0.05) is 65.7 Å². The molecule has 0 amide bonds. The molecule has 0 saturated heterocycles. The molecule has 0 radical (unpaired) electrons. The Balaban J connectivity index is 1.58. The molecule has 0 aliphatic carbocycles. The SMILES string of the molecule is O=S(=O)(c1ccc(Cl)cc1)N(c1ccccc1Cc1ccc(Cn2ccnc2)cc1)S(=O)(=O)c1ccc(Cl)cc1. The molecule has 0 unspecified atom stereocenters. The number of imidazole rings is 1. The molecule has 0 spiro atoms. The quantitative estimate of drug-likeness (QED) is 0.192. The van der Waals surface area contributed by atoms with E-state index in [4.69, 9.17) is 23.2 Å². The maximum absolute atomic E-state index is 14.0. The van der Waals surface area contributed by atoms with Gasteiger partial charge in [0.15, 0.2) is 0 Å². The Bertz CT molecular complexity index is 1750. The van der Waals surface area contributed by atoms with Gasteiger partial charge in [0.05, 0.1) is 21.8 Å². The first-order valence-electron chi connectivity index (χ1n) is 12.1. The van der Waals surface area contributed by atoms with Crippen molar-refractivity contribution in [3.8, 4) is 0 Å². The summed E-state index contributed by atoms with van der Waals surface area (Å²) in [5.41, 5.74) is 2.48. The van der Waals surface area contributed by atoms with Gasteiger partial charge in [-0.05, 0) is 77.7 Å². The molecule has 40 heavy (non-hydrogen) atoms. The predicted octanol–water partition coefficient (Wildman–Crippen LogP) is 6.41. The molecule has 4 aromatic carbocycles. The van der Waals surface area contributed by atoms with Gasteiger partial charge in [0.1, 0.15) is 0 Å². The van der Waals surface area contributed by atoms with Crippen LogP contribution in [-0.4, -0.2) is 26.4 Å². The fourth-order valence-corrected chi connectivity index (χ4v) is 8.22. The van der Waals surface area contributed by atoms with E-state index in [1.807, 2.05) is 35.0 Å². The van der Waals surface area contributed by atoms with Crippen LogP contribution >= 0.6 is 23.2 Å². The highest BCUT2D eigenvalue weighted by atomic mass is 35.5. The number of para-hydroxylation sites is 1. The molecule has 0 fully saturated rings. The minimum atomic E-state index is -4.59. The summed E-state index contributed by atoms with van der Waals surface area (Å²) in [6.07, 6.45) is 5.62. The minimum absolute atomic E-state index is 0.0230. The van der Waals surface area contributed by atoms with Crippen molar-refractivity contribution in [2.45, 2.75) is 22.8 Å². The smallest absolute Gasteiger partial charge is 0.277 e. The Morgan fingerprint density at radius 2 is 1.20 bits per heavy atom. The van der Waals surface area contributed by atoms with E-state index in [-0.39, 0.29) is 15.5 Å². The van der Waals surface area contributed by atoms with E-state index in [1.165, 1.54) is 54.6 Å². The fraction of sp³-hybridized carbons (Fsp3) is 0.0690. The van der Waals surface area contributed by atoms with Gasteiger partial charge < -0.3 is 4.57 Å². The number of benzene rings is 4. The van der Waals surface area contributed by atoms with Crippen LogP contribution in [0.5, 0.6) is 0 Å². The maximum Gasteiger partial charge on any atom is 0.277 e. The van der Waals surface area contributed by atoms with Crippen molar-refractivity contribution in [2.24, 2.45) is 0 Å². The number of sulfonamides is 2. The van der Waals surface area contributed by atoms with Crippen molar-refractivity contribution in [2.75, 3.05) is 3.71 Å². The summed E-state index contributed by atoms with van der Waals surface area (Å²) in [7, 11) is -9.18. The van der Waals surface area contributed by atoms with Crippen LogP contribution in [-0.2, 0) is 33.0 Å². The normalized spacial score (nSPS) is 11.8. The minimum Gasteiger partial charge on any atom is -0.333 e. The molecule has 11 heteroatoms. The van der Waals surface area contributed by atoms with Gasteiger partial charge in [0, 0.05) is 29.0 Å². The van der Waals surface area contributed by atoms with Crippen LogP contribution in [0, 0.1) is 0 Å². The number of aromatic nitrogens is 2. The van der Waals surface area contributed by atoms with Gasteiger partial charge in [-0.25, -0.2) is 21.8 Å². The molecule has 0 bridgehead atoms. The van der Waals surface area contributed by atoms with Gasteiger partial charge in [-0.2, -0.15) is 3.71 Å². The molecule has 0 aliphatic heterocycles. The summed E-state index contributed by atoms with van der Waals surface area (Å²) in [4.78, 5) is 3.63. The predicted molar refractivity (Wildman–Crippen MR) is 157 cm³/mol. The largest absolute Gasteiger partial charge is 0.333 e. The number of hydrogen-bond donors (Lipinski definition) is 0. The number of nitrogens with zero attached hydrogens (tertiary/aromatic N) is 3. The molecule has 0 N–H and O–H groups in total. The molecule has 1 aromatic heterocycles. The molecule has 5 aromatic rings. The van der Waals surface area contributed by atoms with Crippen LogP contribution in [0.2, 0.25) is 10.0 Å². The second kappa shape index (κ2) is 11.5. The molecule has 1 heterocycles. The van der Waals surface area contributed by atoms with E-state index in [1.54, 1.807) is 30.7 Å². The zero-order valence-electron chi connectivity index (χ0n) is 20.9. The fourth-order valence-electron chi connectivity index (χ4n) is 4.20. The first kappa shape index (κ1) is 27.9. The van der Waals surface area contributed by atoms with E-state index in [0.717, 1.165) is 11.1 Å². The monoisotopic (exact) mass is 611 g/mol. The Morgan fingerprint density at radius 1 is 0.675 bits per heavy atom. The van der Waals surface area contributed by atoms with Crippen molar-refractivity contribution in [1.82, 2.24) is 9.55 Å². The van der Waals surface area contributed by atoms with Crippen LogP contribution in [0.1, 0.15) is 16.7 Å². The lowest BCUT2D eigenvalue weighted by molar-refractivity contribution is 0.584. The molecule has 204 valence electrons. The van der Waals surface area contributed by atoms with E-state index in [9.17, 15) is 16.8 Å². The van der Waals surface area contributed by atoms with Crippen molar-refractivity contribution < 1.29 is 16.8 Å². The Hall–Kier alpha value is -3.63. The van der Waals surface area contributed by atoms with E-state index in [0.29, 0.717) is 32.3 Å². The summed E-state index contributed by atoms with van der Waals surface area (Å²) < 4.78 is 58.5. The second-order valence-electron chi connectivity index (χ2n) is 8.97. The first-order valence-corrected chi connectivity index (χ1v) is 15.7. The number of hydrogen-bond acceptors (Lipinski definition) is 5. The lowest BCUT2D eigenvalue weighted by Crippen LogP contribution is -2.37. The lowest BCUT2D eigenvalue weighted by Gasteiger charge is -2.26. The molecular formula is C29H23Cl2N3O4S2. The van der Waals surface area contributed by atoms with Gasteiger partial charge in [-0.15, -0.1) is 0 Å². The Morgan fingerprint density at radius 3 is 1.73 bits per heavy atom. The summed E-state index contributed by atoms with van der Waals surface area (Å²) in [6.45, 7) is 0.656. The van der Waals surface area contributed by atoms with Gasteiger partial charge in [0.2, 0.25) is 0 Å². The third-order valence-electron chi connectivity index (χ3n) is 6.19. The average Bonchev–Trinajstić information content (AvgIpc) is 3.44. The summed E-state index contributed by atoms with van der Waals surface area (Å²) in [5.74, 6) is 0. The molecule has 0 atom stereocenters. The van der Waals surface area contributed by atoms with Crippen LogP contribution < -0.4 is 3.71 Å². The number of halogens is 2. The molecule has 7 nitrogen and oxygen atoms in total. The van der Waals surface area contributed by atoms with Crippen LogP contribution in [0.15, 0.2) is 126 Å². The highest BCUT2D eigenvalue weighted by Gasteiger charge is 2.38. The molecular weight excluding hydrogens is 589 g/mol. The molecule has 5 rings (SSSR count). The second-order valence-corrected chi connectivity index (χ2v) is 13.6. The standard InChI is InChI=1S/C29H23Cl2N3O4S2/c30-25-9-13-27(14-10-25)39(35,36)34(40(37,38)28-15-11-26(31)12-16-28)29-4-2-1-3-24(29)19-22-5-7-23(8-6-22)20-33-18-17-32-21-33/h1-18,21H,19-20H2. The summed E-state index contributed by atoms with van der Waals surface area (Å²) in [6, 6.07) is 25.1. The third kappa shape index (κ3) is 5.93. The van der Waals surface area contributed by atoms with Crippen molar-refractivity contribution in [3.63, 3.8) is 0 Å². The van der Waals surface area contributed by atoms with Crippen molar-refractivity contribution in [3.05, 3.63) is 143 Å². The molecule has 0 saturated carbocycles. The van der Waals surface area contributed by atoms with E-state index in [2.05, 4.69) is 4.98 Å². The van der Waals surface area contributed by atoms with E-state index >= 15 is 0 Å². The van der Waals surface area contributed by atoms with Crippen LogP contribution in [0.25, 0.3) is 0 Å². The van der Waals surface area contributed by atoms with Gasteiger partial charge >= 0.3 is 0 Å². The number of rotatable bonds is 9. The third-order valence-corrected chi connectivity index (χ3v) is 10.9.